The van der Waals surface area contributed by atoms with E-state index in [0.717, 1.165) is 5.69 Å². The molecule has 0 radical (unpaired) electrons. The van der Waals surface area contributed by atoms with Gasteiger partial charge in [-0.1, -0.05) is 29.8 Å². The number of anilines is 2. The Labute approximate surface area is 143 Å². The number of halogens is 1. The fourth-order valence-electron chi connectivity index (χ4n) is 1.97. The van der Waals surface area contributed by atoms with Gasteiger partial charge in [0.2, 0.25) is 5.95 Å². The Morgan fingerprint density at radius 2 is 1.75 bits per heavy atom. The van der Waals surface area contributed by atoms with E-state index in [-0.39, 0.29) is 5.91 Å². The van der Waals surface area contributed by atoms with Gasteiger partial charge in [0, 0.05) is 18.6 Å². The van der Waals surface area contributed by atoms with Crippen LogP contribution in [0.1, 0.15) is 16.1 Å². The lowest BCUT2D eigenvalue weighted by Crippen LogP contribution is -2.23. The lowest BCUT2D eigenvalue weighted by Gasteiger charge is -2.07. The number of benzene rings is 1. The van der Waals surface area contributed by atoms with E-state index in [1.165, 1.54) is 12.4 Å². The number of hydrogen-bond donors (Lipinski definition) is 2. The summed E-state index contributed by atoms with van der Waals surface area (Å²) in [7, 11) is 0. The monoisotopic (exact) mass is 339 g/mol. The number of pyridine rings is 1. The van der Waals surface area contributed by atoms with Gasteiger partial charge in [-0.25, -0.2) is 9.97 Å². The maximum absolute atomic E-state index is 12.1. The summed E-state index contributed by atoms with van der Waals surface area (Å²) in [4.78, 5) is 24.5. The molecule has 0 saturated carbocycles. The lowest BCUT2D eigenvalue weighted by atomic mass is 10.3. The molecule has 7 heteroatoms. The number of aromatic nitrogens is 3. The first kappa shape index (κ1) is 15.9. The molecular weight excluding hydrogens is 326 g/mol. The van der Waals surface area contributed by atoms with E-state index in [9.17, 15) is 4.79 Å². The number of amides is 1. The molecule has 120 valence electrons. The molecular formula is C17H14ClN5O. The Kier molecular flexibility index (Phi) is 4.98. The van der Waals surface area contributed by atoms with Gasteiger partial charge >= 0.3 is 0 Å². The molecule has 0 saturated heterocycles. The van der Waals surface area contributed by atoms with Crippen LogP contribution >= 0.6 is 11.6 Å². The van der Waals surface area contributed by atoms with E-state index >= 15 is 0 Å². The Morgan fingerprint density at radius 1 is 1.00 bits per heavy atom. The molecule has 0 aliphatic heterocycles. The maximum Gasteiger partial charge on any atom is 0.254 e. The van der Waals surface area contributed by atoms with Gasteiger partial charge in [0.05, 0.1) is 28.5 Å². The van der Waals surface area contributed by atoms with Crippen LogP contribution in [0.2, 0.25) is 5.02 Å². The predicted molar refractivity (Wildman–Crippen MR) is 92.2 cm³/mol. The summed E-state index contributed by atoms with van der Waals surface area (Å²) < 4.78 is 0. The van der Waals surface area contributed by atoms with Crippen molar-refractivity contribution >= 4 is 29.1 Å². The zero-order valence-corrected chi connectivity index (χ0v) is 13.4. The Bertz CT molecular complexity index is 824. The normalized spacial score (nSPS) is 10.2. The average molecular weight is 340 g/mol. The van der Waals surface area contributed by atoms with Crippen molar-refractivity contribution < 1.29 is 4.79 Å². The highest BCUT2D eigenvalue weighted by molar-refractivity contribution is 6.33. The molecule has 1 aromatic carbocycles. The number of para-hydroxylation sites is 1. The zero-order chi connectivity index (χ0) is 16.8. The Balaban J connectivity index is 1.61. The number of rotatable bonds is 5. The van der Waals surface area contributed by atoms with Crippen molar-refractivity contribution in [2.45, 2.75) is 6.54 Å². The summed E-state index contributed by atoms with van der Waals surface area (Å²) in [5.41, 5.74) is 1.85. The van der Waals surface area contributed by atoms with E-state index in [1.54, 1.807) is 12.3 Å². The van der Waals surface area contributed by atoms with E-state index in [4.69, 9.17) is 11.6 Å². The van der Waals surface area contributed by atoms with Crippen LogP contribution in [-0.4, -0.2) is 20.9 Å². The Morgan fingerprint density at radius 3 is 2.46 bits per heavy atom. The molecule has 0 spiro atoms. The maximum atomic E-state index is 12.1. The number of hydrogen-bond acceptors (Lipinski definition) is 5. The third kappa shape index (κ3) is 4.05. The van der Waals surface area contributed by atoms with Gasteiger partial charge in [0.15, 0.2) is 0 Å². The minimum atomic E-state index is -0.259. The summed E-state index contributed by atoms with van der Waals surface area (Å²) in [6, 6.07) is 12.8. The number of nitrogens with zero attached hydrogens (tertiary/aromatic N) is 3. The average Bonchev–Trinajstić information content (AvgIpc) is 2.63. The quantitative estimate of drug-likeness (QED) is 0.746. The molecule has 2 heterocycles. The van der Waals surface area contributed by atoms with Gasteiger partial charge in [-0.3, -0.25) is 9.78 Å². The van der Waals surface area contributed by atoms with Crippen LogP contribution in [0.25, 0.3) is 0 Å². The first-order valence-corrected chi connectivity index (χ1v) is 7.62. The van der Waals surface area contributed by atoms with Gasteiger partial charge in [-0.05, 0) is 24.3 Å². The van der Waals surface area contributed by atoms with Crippen molar-refractivity contribution in [3.63, 3.8) is 0 Å². The molecule has 0 bridgehead atoms. The van der Waals surface area contributed by atoms with Gasteiger partial charge in [0.25, 0.3) is 5.91 Å². The van der Waals surface area contributed by atoms with Crippen molar-refractivity contribution in [1.29, 1.82) is 0 Å². The fourth-order valence-corrected chi connectivity index (χ4v) is 2.15. The molecule has 3 aromatic rings. The van der Waals surface area contributed by atoms with E-state index < -0.39 is 0 Å². The van der Waals surface area contributed by atoms with Crippen LogP contribution in [0.15, 0.2) is 61.1 Å². The number of carbonyl (C=O) groups excluding carboxylic acids is 1. The van der Waals surface area contributed by atoms with Crippen molar-refractivity contribution in [2.24, 2.45) is 0 Å². The fraction of sp³-hybridized carbons (Fsp3) is 0.0588. The molecule has 0 unspecified atom stereocenters. The third-order valence-electron chi connectivity index (χ3n) is 3.19. The molecule has 2 N–H and O–H groups in total. The van der Waals surface area contributed by atoms with Crippen molar-refractivity contribution in [3.05, 3.63) is 77.3 Å². The van der Waals surface area contributed by atoms with Crippen molar-refractivity contribution in [3.8, 4) is 0 Å². The number of carbonyl (C=O) groups is 1. The largest absolute Gasteiger partial charge is 0.346 e. The van der Waals surface area contributed by atoms with Crippen LogP contribution in [0.3, 0.4) is 0 Å². The third-order valence-corrected chi connectivity index (χ3v) is 3.52. The number of nitrogens with one attached hydrogen (secondary N) is 2. The molecule has 6 nitrogen and oxygen atoms in total. The molecule has 1 amide bonds. The topological polar surface area (TPSA) is 79.8 Å². The van der Waals surface area contributed by atoms with Crippen LogP contribution in [-0.2, 0) is 6.54 Å². The van der Waals surface area contributed by atoms with Gasteiger partial charge in [-0.2, -0.15) is 0 Å². The van der Waals surface area contributed by atoms with Crippen LogP contribution in [0, 0.1) is 0 Å². The second kappa shape index (κ2) is 7.52. The first-order chi connectivity index (χ1) is 11.7. The van der Waals surface area contributed by atoms with Crippen LogP contribution in [0.5, 0.6) is 0 Å². The SMILES string of the molecule is O=C(NCc1ccccn1)c1cnc(Nc2ccccc2Cl)nc1. The highest BCUT2D eigenvalue weighted by atomic mass is 35.5. The van der Waals surface area contributed by atoms with Crippen molar-refractivity contribution in [1.82, 2.24) is 20.3 Å². The molecule has 0 aliphatic carbocycles. The summed E-state index contributed by atoms with van der Waals surface area (Å²) in [6.07, 6.45) is 4.60. The van der Waals surface area contributed by atoms with Gasteiger partial charge in [-0.15, -0.1) is 0 Å². The zero-order valence-electron chi connectivity index (χ0n) is 12.6. The summed E-state index contributed by atoms with van der Waals surface area (Å²) in [6.45, 7) is 0.347. The molecule has 2 aromatic heterocycles. The second-order valence-electron chi connectivity index (χ2n) is 4.90. The van der Waals surface area contributed by atoms with Crippen LogP contribution in [0.4, 0.5) is 11.6 Å². The lowest BCUT2D eigenvalue weighted by molar-refractivity contribution is 0.0949. The van der Waals surface area contributed by atoms with Crippen molar-refractivity contribution in [2.75, 3.05) is 5.32 Å². The smallest absolute Gasteiger partial charge is 0.254 e. The molecule has 0 fully saturated rings. The molecule has 24 heavy (non-hydrogen) atoms. The highest BCUT2D eigenvalue weighted by Gasteiger charge is 2.08. The minimum absolute atomic E-state index is 0.259. The summed E-state index contributed by atoms with van der Waals surface area (Å²) >= 11 is 6.07. The summed E-state index contributed by atoms with van der Waals surface area (Å²) in [5.74, 6) is 0.106. The highest BCUT2D eigenvalue weighted by Crippen LogP contribution is 2.22. The van der Waals surface area contributed by atoms with E-state index in [2.05, 4.69) is 25.6 Å². The van der Waals surface area contributed by atoms with Gasteiger partial charge in [0.1, 0.15) is 0 Å². The molecule has 0 atom stereocenters. The minimum Gasteiger partial charge on any atom is -0.346 e. The Hall–Kier alpha value is -2.99. The van der Waals surface area contributed by atoms with E-state index in [1.807, 2.05) is 36.4 Å². The van der Waals surface area contributed by atoms with E-state index in [0.29, 0.717) is 28.8 Å². The summed E-state index contributed by atoms with van der Waals surface area (Å²) in [5, 5.41) is 6.34. The predicted octanol–water partition coefficient (Wildman–Crippen LogP) is 3.20. The van der Waals surface area contributed by atoms with Crippen LogP contribution < -0.4 is 10.6 Å². The molecule has 3 rings (SSSR count). The second-order valence-corrected chi connectivity index (χ2v) is 5.31. The first-order valence-electron chi connectivity index (χ1n) is 7.24. The standard InChI is InChI=1S/C17H14ClN5O/c18-14-6-1-2-7-15(14)23-17-21-9-12(10-22-17)16(24)20-11-13-5-3-4-8-19-13/h1-10H,11H2,(H,20,24)(H,21,22,23). The van der Waals surface area contributed by atoms with Gasteiger partial charge < -0.3 is 10.6 Å². The molecule has 0 aliphatic rings.